The van der Waals surface area contributed by atoms with E-state index in [1.165, 1.54) is 0 Å². The summed E-state index contributed by atoms with van der Waals surface area (Å²) in [5, 5.41) is 0.722. The fourth-order valence-electron chi connectivity index (χ4n) is 2.00. The van der Waals surface area contributed by atoms with E-state index in [4.69, 9.17) is 13.8 Å². The smallest absolute Gasteiger partial charge is 0.360 e. The maximum Gasteiger partial charge on any atom is 0.360 e. The van der Waals surface area contributed by atoms with Gasteiger partial charge in [-0.05, 0) is 33.1 Å². The highest BCUT2D eigenvalue weighted by Gasteiger charge is 2.34. The van der Waals surface area contributed by atoms with Gasteiger partial charge in [0.25, 0.3) is 0 Å². The van der Waals surface area contributed by atoms with Crippen LogP contribution >= 0.6 is 7.60 Å². The molecule has 0 saturated carbocycles. The average molecular weight is 274 g/mol. The maximum absolute atomic E-state index is 12.7. The van der Waals surface area contributed by atoms with Crippen molar-refractivity contribution in [3.05, 3.63) is 23.7 Å². The molecule has 5 heteroatoms. The van der Waals surface area contributed by atoms with E-state index in [2.05, 4.69) is 6.58 Å². The van der Waals surface area contributed by atoms with Crippen LogP contribution in [0.15, 0.2) is 23.7 Å². The highest BCUT2D eigenvalue weighted by Crippen LogP contribution is 2.60. The van der Waals surface area contributed by atoms with Gasteiger partial charge in [0.2, 0.25) is 0 Å². The first kappa shape index (κ1) is 15.5. The Morgan fingerprint density at radius 3 is 2.39 bits per heavy atom. The molecule has 0 aromatic carbocycles. The third kappa shape index (κ3) is 3.98. The molecule has 0 aromatic heterocycles. The third-order valence-electron chi connectivity index (χ3n) is 2.69. The molecule has 0 radical (unpaired) electrons. The monoisotopic (exact) mass is 274 g/mol. The van der Waals surface area contributed by atoms with E-state index in [0.29, 0.717) is 19.8 Å². The Morgan fingerprint density at radius 2 is 1.83 bits per heavy atom. The molecule has 0 N–H and O–H groups in total. The van der Waals surface area contributed by atoms with E-state index in [-0.39, 0.29) is 0 Å². The van der Waals surface area contributed by atoms with Gasteiger partial charge in [0.1, 0.15) is 12.4 Å². The SMILES string of the molecule is C=CCOC1=C(P(=O)(OCC)OCC)CCCC1. The van der Waals surface area contributed by atoms with Crippen molar-refractivity contribution in [2.45, 2.75) is 39.5 Å². The van der Waals surface area contributed by atoms with Gasteiger partial charge in [-0.2, -0.15) is 0 Å². The van der Waals surface area contributed by atoms with Crippen molar-refractivity contribution >= 4 is 7.60 Å². The Balaban J connectivity index is 2.99. The minimum absolute atomic E-state index is 0.371. The predicted molar refractivity (Wildman–Crippen MR) is 72.5 cm³/mol. The highest BCUT2D eigenvalue weighted by molar-refractivity contribution is 7.58. The second-order valence-electron chi connectivity index (χ2n) is 4.01. The Morgan fingerprint density at radius 1 is 1.22 bits per heavy atom. The lowest BCUT2D eigenvalue weighted by Gasteiger charge is -2.26. The zero-order valence-corrected chi connectivity index (χ0v) is 12.2. The largest absolute Gasteiger partial charge is 0.493 e. The van der Waals surface area contributed by atoms with E-state index in [9.17, 15) is 4.57 Å². The lowest BCUT2D eigenvalue weighted by Crippen LogP contribution is -2.08. The summed E-state index contributed by atoms with van der Waals surface area (Å²) in [7, 11) is -3.17. The van der Waals surface area contributed by atoms with E-state index in [1.54, 1.807) is 6.08 Å². The summed E-state index contributed by atoms with van der Waals surface area (Å²) >= 11 is 0. The van der Waals surface area contributed by atoms with Crippen molar-refractivity contribution in [1.29, 1.82) is 0 Å². The van der Waals surface area contributed by atoms with Crippen LogP contribution in [0.25, 0.3) is 0 Å². The molecule has 4 nitrogen and oxygen atoms in total. The van der Waals surface area contributed by atoms with Crippen LogP contribution in [0.2, 0.25) is 0 Å². The Bertz CT molecular complexity index is 339. The number of rotatable bonds is 8. The fourth-order valence-corrected chi connectivity index (χ4v) is 3.98. The Kier molecular flexibility index (Phi) is 6.69. The molecule has 0 atom stereocenters. The molecular weight excluding hydrogens is 251 g/mol. The van der Waals surface area contributed by atoms with Crippen molar-refractivity contribution in [3.8, 4) is 0 Å². The predicted octanol–water partition coefficient (Wildman–Crippen LogP) is 4.24. The van der Waals surface area contributed by atoms with Gasteiger partial charge in [-0.25, -0.2) is 0 Å². The summed E-state index contributed by atoms with van der Waals surface area (Å²) in [5.74, 6) is 0.770. The summed E-state index contributed by atoms with van der Waals surface area (Å²) in [5.41, 5.74) is 0. The van der Waals surface area contributed by atoms with Crippen LogP contribution in [0.3, 0.4) is 0 Å². The average Bonchev–Trinajstić information content (AvgIpc) is 2.37. The van der Waals surface area contributed by atoms with Gasteiger partial charge in [0, 0.05) is 6.42 Å². The third-order valence-corrected chi connectivity index (χ3v) is 5.02. The van der Waals surface area contributed by atoms with Crippen molar-refractivity contribution < 1.29 is 18.3 Å². The summed E-state index contributed by atoms with van der Waals surface area (Å²) < 4.78 is 29.1. The quantitative estimate of drug-likeness (QED) is 0.490. The molecule has 0 saturated heterocycles. The van der Waals surface area contributed by atoms with Gasteiger partial charge in [0.05, 0.1) is 18.5 Å². The highest BCUT2D eigenvalue weighted by atomic mass is 31.2. The summed E-state index contributed by atoms with van der Waals surface area (Å²) in [4.78, 5) is 0. The normalized spacial score (nSPS) is 16.8. The lowest BCUT2D eigenvalue weighted by molar-refractivity contribution is 0.205. The number of ether oxygens (including phenoxy) is 1. The van der Waals surface area contributed by atoms with Gasteiger partial charge >= 0.3 is 7.60 Å². The standard InChI is InChI=1S/C13H23O4P/c1-4-11-15-12-9-7-8-10-13(12)18(14,16-5-2)17-6-3/h4H,1,5-11H2,2-3H3. The van der Waals surface area contributed by atoms with Gasteiger partial charge < -0.3 is 13.8 Å². The van der Waals surface area contributed by atoms with Crippen molar-refractivity contribution in [2.75, 3.05) is 19.8 Å². The summed E-state index contributed by atoms with van der Waals surface area (Å²) in [6, 6.07) is 0. The van der Waals surface area contributed by atoms with Gasteiger partial charge in [-0.1, -0.05) is 12.7 Å². The molecule has 0 amide bonds. The van der Waals surface area contributed by atoms with Crippen LogP contribution in [0, 0.1) is 0 Å². The molecule has 18 heavy (non-hydrogen) atoms. The molecule has 1 aliphatic carbocycles. The molecule has 0 aromatic rings. The second-order valence-corrected chi connectivity index (χ2v) is 6.06. The van der Waals surface area contributed by atoms with Gasteiger partial charge in [-0.3, -0.25) is 4.57 Å². The van der Waals surface area contributed by atoms with Crippen LogP contribution in [0.5, 0.6) is 0 Å². The first-order chi connectivity index (χ1) is 8.68. The first-order valence-corrected chi connectivity index (χ1v) is 8.07. The minimum atomic E-state index is -3.17. The minimum Gasteiger partial charge on any atom is -0.493 e. The lowest BCUT2D eigenvalue weighted by atomic mass is 10.1. The molecular formula is C13H23O4P. The van der Waals surface area contributed by atoms with Gasteiger partial charge in [0.15, 0.2) is 0 Å². The number of hydrogen-bond donors (Lipinski definition) is 0. The zero-order chi connectivity index (χ0) is 13.4. The van der Waals surface area contributed by atoms with Crippen molar-refractivity contribution in [2.24, 2.45) is 0 Å². The molecule has 0 aliphatic heterocycles. The Labute approximate surface area is 110 Å². The molecule has 0 fully saturated rings. The van der Waals surface area contributed by atoms with Crippen molar-refractivity contribution in [1.82, 2.24) is 0 Å². The second kappa shape index (κ2) is 7.78. The molecule has 0 spiro atoms. The zero-order valence-electron chi connectivity index (χ0n) is 11.3. The van der Waals surface area contributed by atoms with Gasteiger partial charge in [-0.15, -0.1) is 0 Å². The molecule has 0 bridgehead atoms. The van der Waals surface area contributed by atoms with E-state index in [1.807, 2.05) is 13.8 Å². The van der Waals surface area contributed by atoms with Crippen LogP contribution in [0.1, 0.15) is 39.5 Å². The van der Waals surface area contributed by atoms with E-state index >= 15 is 0 Å². The van der Waals surface area contributed by atoms with Crippen LogP contribution in [-0.4, -0.2) is 19.8 Å². The summed E-state index contributed by atoms with van der Waals surface area (Å²) in [6.45, 7) is 8.43. The van der Waals surface area contributed by atoms with E-state index < -0.39 is 7.60 Å². The molecule has 0 heterocycles. The Hall–Kier alpha value is -0.570. The number of hydrogen-bond acceptors (Lipinski definition) is 4. The van der Waals surface area contributed by atoms with E-state index in [0.717, 1.165) is 36.8 Å². The number of allylic oxidation sites excluding steroid dienone is 2. The summed E-state index contributed by atoms with van der Waals surface area (Å²) in [6.07, 6.45) is 5.26. The van der Waals surface area contributed by atoms with Crippen LogP contribution in [-0.2, 0) is 18.3 Å². The fraction of sp³-hybridized carbons (Fsp3) is 0.692. The maximum atomic E-state index is 12.7. The van der Waals surface area contributed by atoms with Crippen LogP contribution in [0.4, 0.5) is 0 Å². The van der Waals surface area contributed by atoms with Crippen LogP contribution < -0.4 is 0 Å². The van der Waals surface area contributed by atoms with Crippen molar-refractivity contribution in [3.63, 3.8) is 0 Å². The molecule has 1 aliphatic rings. The molecule has 1 rings (SSSR count). The molecule has 0 unspecified atom stereocenters. The topological polar surface area (TPSA) is 44.8 Å². The first-order valence-electron chi connectivity index (χ1n) is 6.53. The molecule has 104 valence electrons.